The molecule has 11 heteroatoms. The number of nitrogens with zero attached hydrogens (tertiary/aromatic N) is 4. The minimum Gasteiger partial charge on any atom is -0.488 e. The summed E-state index contributed by atoms with van der Waals surface area (Å²) in [5.74, 6) is -0.421. The summed E-state index contributed by atoms with van der Waals surface area (Å²) in [5, 5.41) is 31.0. The van der Waals surface area contributed by atoms with Crippen LogP contribution in [0.4, 0.5) is 0 Å². The molecule has 0 radical (unpaired) electrons. The van der Waals surface area contributed by atoms with Gasteiger partial charge in [0.15, 0.2) is 0 Å². The van der Waals surface area contributed by atoms with E-state index in [4.69, 9.17) is 21.1 Å². The van der Waals surface area contributed by atoms with Crippen LogP contribution in [-0.4, -0.2) is 43.8 Å². The van der Waals surface area contributed by atoms with E-state index >= 15 is 0 Å². The van der Waals surface area contributed by atoms with E-state index in [1.165, 1.54) is 6.20 Å². The molecule has 0 saturated carbocycles. The van der Waals surface area contributed by atoms with E-state index in [9.17, 15) is 20.3 Å². The van der Waals surface area contributed by atoms with Crippen molar-refractivity contribution in [2.75, 3.05) is 6.61 Å². The molecule has 0 saturated heterocycles. The quantitative estimate of drug-likeness (QED) is 0.172. The Labute approximate surface area is 258 Å². The molecule has 222 valence electrons. The number of halogens is 1. The number of nitrogens with one attached hydrogen (secondary N) is 1. The van der Waals surface area contributed by atoms with Crippen molar-refractivity contribution in [1.29, 1.82) is 5.26 Å². The number of fused-ring (bicyclic) bond motifs is 1. The van der Waals surface area contributed by atoms with Gasteiger partial charge in [-0.05, 0) is 53.4 Å². The highest BCUT2D eigenvalue weighted by Crippen LogP contribution is 2.35. The molecule has 0 aliphatic rings. The van der Waals surface area contributed by atoms with E-state index in [0.29, 0.717) is 33.2 Å². The van der Waals surface area contributed by atoms with Gasteiger partial charge in [0.1, 0.15) is 36.8 Å². The highest BCUT2D eigenvalue weighted by Gasteiger charge is 2.18. The Morgan fingerprint density at radius 2 is 1.80 bits per heavy atom. The number of carbonyl (C=O) groups is 1. The third-order valence-electron chi connectivity index (χ3n) is 7.06. The van der Waals surface area contributed by atoms with Gasteiger partial charge in [0.2, 0.25) is 0 Å². The SMILES string of the molecule is Cc1c(COc2cc(OCc3cncc(C#N)c3)c(CN[C@H](CO)C(=O)O)cc2Cl)cccc1-c1ccc2nccnc2c1. The van der Waals surface area contributed by atoms with Crippen LogP contribution in [0.3, 0.4) is 0 Å². The van der Waals surface area contributed by atoms with Crippen LogP contribution in [0.15, 0.2) is 79.4 Å². The second-order valence-electron chi connectivity index (χ2n) is 9.97. The lowest BCUT2D eigenvalue weighted by atomic mass is 9.96. The van der Waals surface area contributed by atoms with Crippen LogP contribution in [0, 0.1) is 18.3 Å². The number of pyridine rings is 1. The van der Waals surface area contributed by atoms with Gasteiger partial charge in [0.05, 0.1) is 28.2 Å². The van der Waals surface area contributed by atoms with Gasteiger partial charge in [0, 0.05) is 48.5 Å². The third-order valence-corrected chi connectivity index (χ3v) is 7.36. The van der Waals surface area contributed by atoms with Crippen LogP contribution >= 0.6 is 11.6 Å². The predicted molar refractivity (Wildman–Crippen MR) is 164 cm³/mol. The minimum atomic E-state index is -1.19. The van der Waals surface area contributed by atoms with Gasteiger partial charge in [-0.3, -0.25) is 25.1 Å². The molecule has 0 spiro atoms. The number of nitriles is 1. The van der Waals surface area contributed by atoms with Crippen molar-refractivity contribution in [2.45, 2.75) is 32.7 Å². The fourth-order valence-electron chi connectivity index (χ4n) is 4.65. The second-order valence-corrected chi connectivity index (χ2v) is 10.4. The Morgan fingerprint density at radius 3 is 2.57 bits per heavy atom. The Balaban J connectivity index is 1.39. The van der Waals surface area contributed by atoms with Crippen LogP contribution in [-0.2, 0) is 24.6 Å². The van der Waals surface area contributed by atoms with Gasteiger partial charge in [-0.2, -0.15) is 5.26 Å². The number of benzene rings is 3. The molecule has 0 fully saturated rings. The first-order valence-electron chi connectivity index (χ1n) is 13.6. The fourth-order valence-corrected chi connectivity index (χ4v) is 4.89. The van der Waals surface area contributed by atoms with Crippen molar-refractivity contribution in [3.05, 3.63) is 112 Å². The topological polar surface area (TPSA) is 150 Å². The average molecular weight is 610 g/mol. The molecule has 2 aromatic heterocycles. The summed E-state index contributed by atoms with van der Waals surface area (Å²) in [4.78, 5) is 24.2. The zero-order valence-corrected chi connectivity index (χ0v) is 24.5. The number of hydrogen-bond acceptors (Lipinski definition) is 9. The Hall–Kier alpha value is -5.08. The predicted octanol–water partition coefficient (Wildman–Crippen LogP) is 5.22. The summed E-state index contributed by atoms with van der Waals surface area (Å²) >= 11 is 6.63. The summed E-state index contributed by atoms with van der Waals surface area (Å²) in [5.41, 5.74) is 7.31. The molecule has 0 bridgehead atoms. The molecule has 3 N–H and O–H groups in total. The lowest BCUT2D eigenvalue weighted by Gasteiger charge is -2.18. The Bertz CT molecular complexity index is 1860. The van der Waals surface area contributed by atoms with Gasteiger partial charge in [-0.15, -0.1) is 0 Å². The maximum Gasteiger partial charge on any atom is 0.323 e. The fraction of sp³-hybridized carbons (Fsp3) is 0.182. The lowest BCUT2D eigenvalue weighted by molar-refractivity contribution is -0.140. The molecule has 10 nitrogen and oxygen atoms in total. The monoisotopic (exact) mass is 609 g/mol. The summed E-state index contributed by atoms with van der Waals surface area (Å²) < 4.78 is 12.3. The van der Waals surface area contributed by atoms with Crippen LogP contribution in [0.25, 0.3) is 22.2 Å². The van der Waals surface area contributed by atoms with Gasteiger partial charge >= 0.3 is 5.97 Å². The molecule has 0 aliphatic carbocycles. The number of aliphatic carboxylic acids is 1. The average Bonchev–Trinajstić information content (AvgIpc) is 3.04. The maximum absolute atomic E-state index is 11.4. The Kier molecular flexibility index (Phi) is 9.62. The molecule has 2 heterocycles. The molecule has 1 atom stereocenters. The molecular formula is C33H28ClN5O5. The number of hydrogen-bond donors (Lipinski definition) is 3. The van der Waals surface area contributed by atoms with E-state index in [-0.39, 0.29) is 19.8 Å². The first-order chi connectivity index (χ1) is 21.4. The maximum atomic E-state index is 11.4. The second kappa shape index (κ2) is 13.9. The summed E-state index contributed by atoms with van der Waals surface area (Å²) in [6.07, 6.45) is 6.39. The Morgan fingerprint density at radius 1 is 1.00 bits per heavy atom. The van der Waals surface area contributed by atoms with Crippen molar-refractivity contribution in [3.8, 4) is 28.7 Å². The number of ether oxygens (including phenoxy) is 2. The van der Waals surface area contributed by atoms with Crippen molar-refractivity contribution in [2.24, 2.45) is 0 Å². The third kappa shape index (κ3) is 7.10. The minimum absolute atomic E-state index is 0.0562. The smallest absolute Gasteiger partial charge is 0.323 e. The van der Waals surface area contributed by atoms with Crippen LogP contribution in [0.1, 0.15) is 27.8 Å². The normalized spacial score (nSPS) is 11.6. The zero-order valence-electron chi connectivity index (χ0n) is 23.7. The molecular weight excluding hydrogens is 582 g/mol. The van der Waals surface area contributed by atoms with Gasteiger partial charge in [-0.1, -0.05) is 35.9 Å². The van der Waals surface area contributed by atoms with Gasteiger partial charge in [0.25, 0.3) is 0 Å². The van der Waals surface area contributed by atoms with E-state index in [2.05, 4.69) is 26.3 Å². The van der Waals surface area contributed by atoms with Gasteiger partial charge in [-0.25, -0.2) is 0 Å². The number of aliphatic hydroxyl groups excluding tert-OH is 1. The first-order valence-corrected chi connectivity index (χ1v) is 14.0. The summed E-state index contributed by atoms with van der Waals surface area (Å²) in [6, 6.07) is 17.8. The summed E-state index contributed by atoms with van der Waals surface area (Å²) in [7, 11) is 0. The molecule has 44 heavy (non-hydrogen) atoms. The molecule has 0 aliphatic heterocycles. The van der Waals surface area contributed by atoms with E-state index in [1.54, 1.807) is 36.8 Å². The standard InChI is InChI=1S/C33H28ClN5O5/c1-20-24(3-2-4-26(20)23-5-6-28-29(11-23)38-8-7-37-28)19-44-32-12-31(43-18-22-9-21(13-35)14-36-15-22)25(10-27(32)34)16-39-30(17-40)33(41)42/h2-12,14-15,30,39-40H,16-19H2,1H3,(H,41,42)/t30-/m1/s1. The lowest BCUT2D eigenvalue weighted by Crippen LogP contribution is -2.39. The van der Waals surface area contributed by atoms with Crippen LogP contribution < -0.4 is 14.8 Å². The molecule has 0 unspecified atom stereocenters. The van der Waals surface area contributed by atoms with E-state index in [0.717, 1.165) is 33.3 Å². The van der Waals surface area contributed by atoms with Crippen molar-refractivity contribution < 1.29 is 24.5 Å². The van der Waals surface area contributed by atoms with E-state index in [1.807, 2.05) is 43.3 Å². The number of aromatic nitrogens is 3. The number of rotatable bonds is 12. The number of carboxylic acid groups (broad SMARTS) is 1. The molecule has 5 aromatic rings. The van der Waals surface area contributed by atoms with Crippen molar-refractivity contribution >= 4 is 28.6 Å². The highest BCUT2D eigenvalue weighted by molar-refractivity contribution is 6.32. The summed E-state index contributed by atoms with van der Waals surface area (Å²) in [6.45, 7) is 1.82. The zero-order chi connectivity index (χ0) is 31.1. The van der Waals surface area contributed by atoms with E-state index < -0.39 is 18.6 Å². The number of carboxylic acids is 1. The largest absolute Gasteiger partial charge is 0.488 e. The van der Waals surface area contributed by atoms with Crippen LogP contribution in [0.5, 0.6) is 11.5 Å². The molecule has 0 amide bonds. The number of aliphatic hydroxyl groups is 1. The van der Waals surface area contributed by atoms with Crippen LogP contribution in [0.2, 0.25) is 5.02 Å². The van der Waals surface area contributed by atoms with Crippen molar-refractivity contribution in [3.63, 3.8) is 0 Å². The van der Waals surface area contributed by atoms with Crippen molar-refractivity contribution in [1.82, 2.24) is 20.3 Å². The van der Waals surface area contributed by atoms with Gasteiger partial charge < -0.3 is 19.7 Å². The highest BCUT2D eigenvalue weighted by atomic mass is 35.5. The first kappa shape index (κ1) is 30.4. The molecule has 5 rings (SSSR count). The molecule has 3 aromatic carbocycles.